The Balaban J connectivity index is 2.17. The number of carbonyl (C=O) groups is 2. The fourth-order valence-corrected chi connectivity index (χ4v) is 4.83. The van der Waals surface area contributed by atoms with Crippen molar-refractivity contribution in [3.8, 4) is 0 Å². The van der Waals surface area contributed by atoms with E-state index in [1.54, 1.807) is 0 Å². The highest BCUT2D eigenvalue weighted by atomic mass is 32.2. The number of rotatable bonds is 17. The van der Waals surface area contributed by atoms with Gasteiger partial charge in [-0.3, -0.25) is 4.79 Å². The first-order valence-electron chi connectivity index (χ1n) is 11.2. The Morgan fingerprint density at radius 3 is 2.28 bits per heavy atom. The number of hydrogen-bond donors (Lipinski definition) is 2. The van der Waals surface area contributed by atoms with Crippen LogP contribution in [0.1, 0.15) is 76.7 Å². The van der Waals surface area contributed by atoms with Crippen molar-refractivity contribution in [1.29, 1.82) is 0 Å². The zero-order chi connectivity index (χ0) is 21.3. The Morgan fingerprint density at radius 2 is 1.62 bits per heavy atom. The monoisotopic (exact) mass is 422 g/mol. The lowest BCUT2D eigenvalue weighted by Crippen LogP contribution is -2.41. The SMILES string of the molecule is CCCCCCCCCC(=O)N[C@H](CC[S+](C)CCCc1ccccc1)C(=O)O. The van der Waals surface area contributed by atoms with Gasteiger partial charge in [-0.2, -0.15) is 0 Å². The van der Waals surface area contributed by atoms with Gasteiger partial charge in [-0.05, 0) is 35.7 Å². The van der Waals surface area contributed by atoms with Crippen LogP contribution < -0.4 is 5.32 Å². The van der Waals surface area contributed by atoms with E-state index in [2.05, 4.69) is 42.8 Å². The Morgan fingerprint density at radius 1 is 0.966 bits per heavy atom. The third-order valence-electron chi connectivity index (χ3n) is 5.20. The number of amides is 1. The van der Waals surface area contributed by atoms with Crippen molar-refractivity contribution >= 4 is 22.8 Å². The van der Waals surface area contributed by atoms with Gasteiger partial charge in [0, 0.05) is 12.8 Å². The number of benzene rings is 1. The fourth-order valence-electron chi connectivity index (χ4n) is 3.36. The van der Waals surface area contributed by atoms with Crippen LogP contribution in [-0.4, -0.2) is 40.8 Å². The quantitative estimate of drug-likeness (QED) is 0.275. The number of carbonyl (C=O) groups excluding carboxylic acids is 1. The molecule has 5 heteroatoms. The predicted molar refractivity (Wildman–Crippen MR) is 125 cm³/mol. The first-order chi connectivity index (χ1) is 14.0. The molecule has 0 fully saturated rings. The Bertz CT molecular complexity index is 565. The molecule has 0 radical (unpaired) electrons. The molecular weight excluding hydrogens is 382 g/mol. The van der Waals surface area contributed by atoms with Crippen molar-refractivity contribution in [2.45, 2.75) is 83.6 Å². The van der Waals surface area contributed by atoms with Gasteiger partial charge < -0.3 is 10.4 Å². The molecule has 2 atom stereocenters. The standard InChI is InChI=1S/C24H39NO3S/c1-3-4-5-6-7-8-12-17-23(26)25-22(24(27)28)18-20-29(2)19-13-16-21-14-10-9-11-15-21/h9-11,14-15,22H,3-8,12-13,16-20H2,1-2H3,(H-,25,26,27,28)/p+1/t22-,29?/m1/s1. The van der Waals surface area contributed by atoms with E-state index in [0.717, 1.165) is 43.6 Å². The summed E-state index contributed by atoms with van der Waals surface area (Å²) >= 11 is 0. The van der Waals surface area contributed by atoms with Crippen molar-refractivity contribution in [2.75, 3.05) is 17.8 Å². The Hall–Kier alpha value is -1.49. The van der Waals surface area contributed by atoms with E-state index in [-0.39, 0.29) is 16.8 Å². The van der Waals surface area contributed by atoms with Gasteiger partial charge in [-0.25, -0.2) is 4.79 Å². The molecule has 1 aromatic carbocycles. The van der Waals surface area contributed by atoms with Crippen molar-refractivity contribution in [2.24, 2.45) is 0 Å². The Labute approximate surface area is 180 Å². The molecule has 0 heterocycles. The normalized spacial score (nSPS) is 13.0. The lowest BCUT2D eigenvalue weighted by atomic mass is 10.1. The van der Waals surface area contributed by atoms with Crippen LogP contribution in [-0.2, 0) is 26.9 Å². The van der Waals surface area contributed by atoms with Crippen molar-refractivity contribution in [3.05, 3.63) is 35.9 Å². The number of hydrogen-bond acceptors (Lipinski definition) is 2. The van der Waals surface area contributed by atoms with E-state index in [1.807, 2.05) is 6.07 Å². The molecule has 0 aliphatic rings. The Kier molecular flexibility index (Phi) is 14.4. The maximum absolute atomic E-state index is 12.1. The zero-order valence-electron chi connectivity index (χ0n) is 18.3. The van der Waals surface area contributed by atoms with Crippen LogP contribution >= 0.6 is 0 Å². The number of carboxylic acids is 1. The molecular formula is C24H40NO3S+. The second kappa shape index (κ2) is 16.3. The van der Waals surface area contributed by atoms with E-state index in [9.17, 15) is 14.7 Å². The predicted octanol–water partition coefficient (Wildman–Crippen LogP) is 4.97. The second-order valence-corrected chi connectivity index (χ2v) is 10.3. The van der Waals surface area contributed by atoms with E-state index in [0.29, 0.717) is 12.8 Å². The van der Waals surface area contributed by atoms with Crippen LogP contribution in [0.5, 0.6) is 0 Å². The third kappa shape index (κ3) is 13.4. The van der Waals surface area contributed by atoms with E-state index >= 15 is 0 Å². The molecule has 1 unspecified atom stereocenters. The van der Waals surface area contributed by atoms with Gasteiger partial charge in [0.2, 0.25) is 5.91 Å². The summed E-state index contributed by atoms with van der Waals surface area (Å²) in [5.74, 6) is 0.918. The van der Waals surface area contributed by atoms with E-state index in [1.165, 1.54) is 31.2 Å². The molecule has 0 saturated heterocycles. The maximum atomic E-state index is 12.1. The van der Waals surface area contributed by atoms with Crippen LogP contribution in [0.25, 0.3) is 0 Å². The zero-order valence-corrected chi connectivity index (χ0v) is 19.1. The topological polar surface area (TPSA) is 66.4 Å². The van der Waals surface area contributed by atoms with Crippen LogP contribution in [0, 0.1) is 0 Å². The highest BCUT2D eigenvalue weighted by Crippen LogP contribution is 2.09. The average Bonchev–Trinajstić information content (AvgIpc) is 2.71. The lowest BCUT2D eigenvalue weighted by molar-refractivity contribution is -0.141. The van der Waals surface area contributed by atoms with Gasteiger partial charge in [-0.1, -0.05) is 75.8 Å². The van der Waals surface area contributed by atoms with Gasteiger partial charge in [0.1, 0.15) is 17.5 Å². The van der Waals surface area contributed by atoms with Gasteiger partial charge >= 0.3 is 5.97 Å². The summed E-state index contributed by atoms with van der Waals surface area (Å²) in [6.07, 6.45) is 13.4. The summed E-state index contributed by atoms with van der Waals surface area (Å²) in [4.78, 5) is 23.6. The van der Waals surface area contributed by atoms with Crippen molar-refractivity contribution in [1.82, 2.24) is 5.32 Å². The molecule has 0 aromatic heterocycles. The summed E-state index contributed by atoms with van der Waals surface area (Å²) in [5.41, 5.74) is 1.35. The minimum absolute atomic E-state index is 0.119. The minimum Gasteiger partial charge on any atom is -0.480 e. The van der Waals surface area contributed by atoms with Crippen molar-refractivity contribution in [3.63, 3.8) is 0 Å². The van der Waals surface area contributed by atoms with E-state index in [4.69, 9.17) is 0 Å². The highest BCUT2D eigenvalue weighted by molar-refractivity contribution is 7.96. The van der Waals surface area contributed by atoms with Gasteiger partial charge in [0.25, 0.3) is 0 Å². The first kappa shape index (κ1) is 25.5. The van der Waals surface area contributed by atoms with Crippen LogP contribution in [0.2, 0.25) is 0 Å². The third-order valence-corrected chi connectivity index (χ3v) is 7.11. The molecule has 1 amide bonds. The summed E-state index contributed by atoms with van der Waals surface area (Å²) < 4.78 is 0. The number of aliphatic carboxylic acids is 1. The van der Waals surface area contributed by atoms with E-state index < -0.39 is 12.0 Å². The summed E-state index contributed by atoms with van der Waals surface area (Å²) in [5, 5.41) is 12.2. The van der Waals surface area contributed by atoms with Crippen LogP contribution in [0.4, 0.5) is 0 Å². The van der Waals surface area contributed by atoms with Gasteiger partial charge in [0.05, 0.1) is 6.26 Å². The number of carboxylic acid groups (broad SMARTS) is 1. The summed E-state index contributed by atoms with van der Waals surface area (Å²) in [6, 6.07) is 9.70. The number of aryl methyl sites for hydroxylation is 1. The number of nitrogens with one attached hydrogen (secondary N) is 1. The summed E-state index contributed by atoms with van der Waals surface area (Å²) in [7, 11) is 0.179. The van der Waals surface area contributed by atoms with Gasteiger partial charge in [-0.15, -0.1) is 0 Å². The summed E-state index contributed by atoms with van der Waals surface area (Å²) in [6.45, 7) is 2.20. The molecule has 0 spiro atoms. The highest BCUT2D eigenvalue weighted by Gasteiger charge is 2.23. The molecule has 2 N–H and O–H groups in total. The molecule has 0 bridgehead atoms. The first-order valence-corrected chi connectivity index (χ1v) is 13.1. The molecule has 0 saturated carbocycles. The average molecular weight is 423 g/mol. The molecule has 4 nitrogen and oxygen atoms in total. The minimum atomic E-state index is -0.917. The molecule has 164 valence electrons. The second-order valence-electron chi connectivity index (χ2n) is 7.90. The smallest absolute Gasteiger partial charge is 0.326 e. The molecule has 29 heavy (non-hydrogen) atoms. The van der Waals surface area contributed by atoms with Gasteiger partial charge in [0.15, 0.2) is 0 Å². The largest absolute Gasteiger partial charge is 0.480 e. The lowest BCUT2D eigenvalue weighted by Gasteiger charge is -2.14. The van der Waals surface area contributed by atoms with Crippen LogP contribution in [0.3, 0.4) is 0 Å². The molecule has 0 aliphatic carbocycles. The molecule has 1 rings (SSSR count). The maximum Gasteiger partial charge on any atom is 0.326 e. The number of unbranched alkanes of at least 4 members (excludes halogenated alkanes) is 6. The van der Waals surface area contributed by atoms with Crippen LogP contribution in [0.15, 0.2) is 30.3 Å². The van der Waals surface area contributed by atoms with Crippen molar-refractivity contribution < 1.29 is 14.7 Å². The fraction of sp³-hybridized carbons (Fsp3) is 0.667. The molecule has 0 aliphatic heterocycles. The molecule has 1 aromatic rings.